The second-order valence-electron chi connectivity index (χ2n) is 8.05. The van der Waals surface area contributed by atoms with Crippen molar-refractivity contribution in [1.29, 1.82) is 0 Å². The topological polar surface area (TPSA) is 67.4 Å². The molecule has 0 saturated heterocycles. The number of carbonyl (C=O) groups excluding carboxylic acids is 2. The van der Waals surface area contributed by atoms with Gasteiger partial charge >= 0.3 is 0 Å². The molecule has 1 atom stereocenters. The molecular formula is C21H30N2O3. The van der Waals surface area contributed by atoms with E-state index < -0.39 is 6.04 Å². The number of amides is 2. The summed E-state index contributed by atoms with van der Waals surface area (Å²) in [6.07, 6.45) is 5.47. The molecule has 2 fully saturated rings. The van der Waals surface area contributed by atoms with Gasteiger partial charge in [0.15, 0.2) is 0 Å². The van der Waals surface area contributed by atoms with Crippen molar-refractivity contribution in [3.05, 3.63) is 29.3 Å². The van der Waals surface area contributed by atoms with Gasteiger partial charge in [-0.25, -0.2) is 0 Å². The number of hydrogen-bond donors (Lipinski definition) is 2. The Morgan fingerprint density at radius 3 is 2.50 bits per heavy atom. The summed E-state index contributed by atoms with van der Waals surface area (Å²) in [5, 5.41) is 5.51. The van der Waals surface area contributed by atoms with E-state index in [4.69, 9.17) is 4.74 Å². The Hall–Kier alpha value is -2.04. The molecule has 5 nitrogen and oxygen atoms in total. The first kappa shape index (κ1) is 18.7. The van der Waals surface area contributed by atoms with Crippen molar-refractivity contribution in [2.75, 3.05) is 13.7 Å². The first-order valence-electron chi connectivity index (χ1n) is 9.77. The van der Waals surface area contributed by atoms with Crippen LogP contribution in [0, 0.1) is 11.8 Å². The SMILES string of the molecule is CNC(=O)[C@H](CC(C)C)NC(=O)c1ccc(C2CC2)c(OCC2CC2)c1. The maximum absolute atomic E-state index is 12.7. The van der Waals surface area contributed by atoms with Crippen LogP contribution in [0.1, 0.15) is 67.8 Å². The van der Waals surface area contributed by atoms with Crippen molar-refractivity contribution in [2.45, 2.75) is 57.9 Å². The molecule has 0 bridgehead atoms. The summed E-state index contributed by atoms with van der Waals surface area (Å²) < 4.78 is 6.03. The van der Waals surface area contributed by atoms with E-state index in [0.29, 0.717) is 29.7 Å². The minimum Gasteiger partial charge on any atom is -0.493 e. The number of benzene rings is 1. The fourth-order valence-electron chi connectivity index (χ4n) is 3.14. The van der Waals surface area contributed by atoms with Crippen LogP contribution < -0.4 is 15.4 Å². The van der Waals surface area contributed by atoms with Gasteiger partial charge in [0.1, 0.15) is 11.8 Å². The Bertz CT molecular complexity index is 663. The molecule has 3 rings (SSSR count). The molecule has 2 N–H and O–H groups in total. The average molecular weight is 358 g/mol. The van der Waals surface area contributed by atoms with Crippen LogP contribution in [0.3, 0.4) is 0 Å². The quantitative estimate of drug-likeness (QED) is 0.712. The monoisotopic (exact) mass is 358 g/mol. The molecular weight excluding hydrogens is 328 g/mol. The lowest BCUT2D eigenvalue weighted by molar-refractivity contribution is -0.122. The van der Waals surface area contributed by atoms with E-state index in [0.717, 1.165) is 12.4 Å². The molecule has 26 heavy (non-hydrogen) atoms. The molecule has 2 aliphatic rings. The highest BCUT2D eigenvalue weighted by molar-refractivity contribution is 5.98. The minimum atomic E-state index is -0.522. The molecule has 2 aliphatic carbocycles. The summed E-state index contributed by atoms with van der Waals surface area (Å²) in [4.78, 5) is 24.8. The largest absolute Gasteiger partial charge is 0.493 e. The summed E-state index contributed by atoms with van der Waals surface area (Å²) in [7, 11) is 1.59. The second-order valence-corrected chi connectivity index (χ2v) is 8.05. The van der Waals surface area contributed by atoms with Crippen LogP contribution in [0.2, 0.25) is 0 Å². The van der Waals surface area contributed by atoms with Crippen LogP contribution in [0.15, 0.2) is 18.2 Å². The third-order valence-electron chi connectivity index (χ3n) is 5.04. The van der Waals surface area contributed by atoms with E-state index in [9.17, 15) is 9.59 Å². The van der Waals surface area contributed by atoms with Gasteiger partial charge in [0.05, 0.1) is 6.61 Å². The van der Waals surface area contributed by atoms with Gasteiger partial charge < -0.3 is 15.4 Å². The summed E-state index contributed by atoms with van der Waals surface area (Å²) in [5.74, 6) is 2.01. The van der Waals surface area contributed by atoms with E-state index in [1.165, 1.54) is 31.2 Å². The first-order valence-corrected chi connectivity index (χ1v) is 9.77. The van der Waals surface area contributed by atoms with Crippen molar-refractivity contribution in [1.82, 2.24) is 10.6 Å². The standard InChI is InChI=1S/C21H30N2O3/c1-13(2)10-18(21(25)22-3)23-20(24)16-8-9-17(15-6-7-15)19(11-16)26-12-14-4-5-14/h8-9,11,13-15,18H,4-7,10,12H2,1-3H3,(H,22,25)(H,23,24)/t18-/m0/s1. The van der Waals surface area contributed by atoms with Gasteiger partial charge in [-0.3, -0.25) is 9.59 Å². The molecule has 0 unspecified atom stereocenters. The van der Waals surface area contributed by atoms with Crippen LogP contribution >= 0.6 is 0 Å². The molecule has 0 radical (unpaired) electrons. The van der Waals surface area contributed by atoms with Crippen LogP contribution in [-0.2, 0) is 4.79 Å². The molecule has 1 aromatic carbocycles. The van der Waals surface area contributed by atoms with Crippen molar-refractivity contribution in [2.24, 2.45) is 11.8 Å². The number of likely N-dealkylation sites (N-methyl/N-ethyl adjacent to an activating group) is 1. The Morgan fingerprint density at radius 1 is 1.19 bits per heavy atom. The smallest absolute Gasteiger partial charge is 0.252 e. The van der Waals surface area contributed by atoms with Crippen molar-refractivity contribution >= 4 is 11.8 Å². The van der Waals surface area contributed by atoms with Gasteiger partial charge in [-0.1, -0.05) is 19.9 Å². The van der Waals surface area contributed by atoms with Gasteiger partial charge in [0.25, 0.3) is 5.91 Å². The minimum absolute atomic E-state index is 0.160. The van der Waals surface area contributed by atoms with Crippen LogP contribution in [0.4, 0.5) is 0 Å². The van der Waals surface area contributed by atoms with Gasteiger partial charge in [-0.05, 0) is 67.6 Å². The highest BCUT2D eigenvalue weighted by Crippen LogP contribution is 2.45. The second kappa shape index (κ2) is 8.11. The van der Waals surface area contributed by atoms with Gasteiger partial charge in [-0.2, -0.15) is 0 Å². The molecule has 2 saturated carbocycles. The van der Waals surface area contributed by atoms with Crippen LogP contribution in [0.5, 0.6) is 5.75 Å². The molecule has 0 heterocycles. The lowest BCUT2D eigenvalue weighted by Gasteiger charge is -2.20. The van der Waals surface area contributed by atoms with Gasteiger partial charge in [-0.15, -0.1) is 0 Å². The zero-order valence-corrected chi connectivity index (χ0v) is 16.0. The molecule has 142 valence electrons. The van der Waals surface area contributed by atoms with E-state index in [-0.39, 0.29) is 11.8 Å². The highest BCUT2D eigenvalue weighted by Gasteiger charge is 2.29. The molecule has 2 amide bonds. The summed E-state index contributed by atoms with van der Waals surface area (Å²) >= 11 is 0. The lowest BCUT2D eigenvalue weighted by Crippen LogP contribution is -2.46. The molecule has 0 spiro atoms. The first-order chi connectivity index (χ1) is 12.5. The van der Waals surface area contributed by atoms with Crippen molar-refractivity contribution < 1.29 is 14.3 Å². The van der Waals surface area contributed by atoms with Crippen LogP contribution in [-0.4, -0.2) is 31.5 Å². The Labute approximate surface area is 155 Å². The van der Waals surface area contributed by atoms with E-state index in [1.807, 2.05) is 32.0 Å². The maximum Gasteiger partial charge on any atom is 0.252 e. The fraction of sp³-hybridized carbons (Fsp3) is 0.619. The Balaban J connectivity index is 1.72. The zero-order valence-electron chi connectivity index (χ0n) is 16.0. The third kappa shape index (κ3) is 4.99. The fourth-order valence-corrected chi connectivity index (χ4v) is 3.14. The number of carbonyl (C=O) groups is 2. The maximum atomic E-state index is 12.7. The number of ether oxygens (including phenoxy) is 1. The third-order valence-corrected chi connectivity index (χ3v) is 5.04. The Morgan fingerprint density at radius 2 is 1.92 bits per heavy atom. The molecule has 0 aromatic heterocycles. The van der Waals surface area contributed by atoms with Crippen molar-refractivity contribution in [3.8, 4) is 5.75 Å². The van der Waals surface area contributed by atoms with E-state index in [1.54, 1.807) is 7.05 Å². The summed E-state index contributed by atoms with van der Waals surface area (Å²) in [6.45, 7) is 4.81. The van der Waals surface area contributed by atoms with Gasteiger partial charge in [0, 0.05) is 12.6 Å². The summed E-state index contributed by atoms with van der Waals surface area (Å²) in [6, 6.07) is 5.20. The van der Waals surface area contributed by atoms with Crippen molar-refractivity contribution in [3.63, 3.8) is 0 Å². The predicted octanol–water partition coefficient (Wildman–Crippen LogP) is 3.24. The van der Waals surface area contributed by atoms with E-state index in [2.05, 4.69) is 10.6 Å². The number of nitrogens with one attached hydrogen (secondary N) is 2. The average Bonchev–Trinajstić information content (AvgIpc) is 3.51. The number of hydrogen-bond acceptors (Lipinski definition) is 3. The molecule has 5 heteroatoms. The Kier molecular flexibility index (Phi) is 5.84. The zero-order chi connectivity index (χ0) is 18.7. The highest BCUT2D eigenvalue weighted by atomic mass is 16.5. The number of rotatable bonds is 9. The lowest BCUT2D eigenvalue weighted by atomic mass is 10.0. The molecule has 1 aromatic rings. The molecule has 0 aliphatic heterocycles. The van der Waals surface area contributed by atoms with E-state index >= 15 is 0 Å². The normalized spacial score (nSPS) is 17.7. The summed E-state index contributed by atoms with van der Waals surface area (Å²) in [5.41, 5.74) is 1.77. The van der Waals surface area contributed by atoms with Crippen LogP contribution in [0.25, 0.3) is 0 Å². The van der Waals surface area contributed by atoms with Gasteiger partial charge in [0.2, 0.25) is 5.91 Å². The predicted molar refractivity (Wildman–Crippen MR) is 101 cm³/mol.